The number of hydrogen-bond acceptors (Lipinski definition) is 5. The van der Waals surface area contributed by atoms with Gasteiger partial charge in [-0.15, -0.1) is 0 Å². The lowest BCUT2D eigenvalue weighted by atomic mass is 10.1. The minimum Gasteiger partial charge on any atom is -0.322 e. The van der Waals surface area contributed by atoms with Crippen molar-refractivity contribution in [3.63, 3.8) is 0 Å². The molecule has 0 aromatic heterocycles. The molecule has 25 heavy (non-hydrogen) atoms. The number of amides is 1. The van der Waals surface area contributed by atoms with Crippen LogP contribution >= 0.6 is 0 Å². The van der Waals surface area contributed by atoms with Crippen molar-refractivity contribution >= 4 is 27.3 Å². The smallest absolute Gasteiger partial charge is 0.273 e. The van der Waals surface area contributed by atoms with Gasteiger partial charge in [0.25, 0.3) is 11.6 Å². The normalized spacial score (nSPS) is 11.2. The molecule has 0 heterocycles. The van der Waals surface area contributed by atoms with E-state index in [9.17, 15) is 23.3 Å². The molecule has 0 spiro atoms. The lowest BCUT2D eigenvalue weighted by Crippen LogP contribution is -2.16. The molecule has 0 bridgehead atoms. The van der Waals surface area contributed by atoms with Gasteiger partial charge in [-0.25, -0.2) is 13.6 Å². The Morgan fingerprint density at radius 2 is 1.76 bits per heavy atom. The maximum absolute atomic E-state index is 12.4. The van der Waals surface area contributed by atoms with E-state index in [0.717, 1.165) is 0 Å². The van der Waals surface area contributed by atoms with Crippen LogP contribution in [0.4, 0.5) is 11.4 Å². The average Bonchev–Trinajstić information content (AvgIpc) is 2.50. The third-order valence-corrected chi connectivity index (χ3v) is 4.78. The van der Waals surface area contributed by atoms with Crippen molar-refractivity contribution in [3.05, 3.63) is 62.7 Å². The monoisotopic (exact) mass is 363 g/mol. The van der Waals surface area contributed by atoms with Crippen LogP contribution in [0, 0.1) is 30.9 Å². The van der Waals surface area contributed by atoms with Crippen molar-refractivity contribution in [3.8, 4) is 0 Å². The number of anilines is 1. The van der Waals surface area contributed by atoms with Crippen LogP contribution in [0.3, 0.4) is 0 Å². The molecule has 3 N–H and O–H groups in total. The van der Waals surface area contributed by atoms with Crippen LogP contribution < -0.4 is 10.5 Å². The number of nitro benzene ring substituents is 1. The number of sulfonamides is 1. The van der Waals surface area contributed by atoms with Crippen LogP contribution in [-0.2, 0) is 10.0 Å². The summed E-state index contributed by atoms with van der Waals surface area (Å²) in [5, 5.41) is 18.7. The summed E-state index contributed by atoms with van der Waals surface area (Å²) in [6.45, 7) is 4.98. The molecular weight excluding hydrogens is 346 g/mol. The van der Waals surface area contributed by atoms with E-state index in [0.29, 0.717) is 16.7 Å². The van der Waals surface area contributed by atoms with Crippen LogP contribution in [-0.4, -0.2) is 19.2 Å². The molecule has 0 saturated carbocycles. The first-order valence-electron chi connectivity index (χ1n) is 7.21. The van der Waals surface area contributed by atoms with E-state index < -0.39 is 20.9 Å². The number of hydrogen-bond donors (Lipinski definition) is 2. The van der Waals surface area contributed by atoms with Gasteiger partial charge in [0.1, 0.15) is 0 Å². The predicted octanol–water partition coefficient (Wildman–Crippen LogP) is 2.42. The van der Waals surface area contributed by atoms with E-state index in [1.165, 1.54) is 30.3 Å². The van der Waals surface area contributed by atoms with Crippen molar-refractivity contribution in [1.29, 1.82) is 0 Å². The van der Waals surface area contributed by atoms with E-state index in [-0.39, 0.29) is 21.8 Å². The third kappa shape index (κ3) is 4.01. The van der Waals surface area contributed by atoms with Gasteiger partial charge in [0.15, 0.2) is 0 Å². The van der Waals surface area contributed by atoms with E-state index in [1.807, 2.05) is 0 Å². The zero-order valence-corrected chi connectivity index (χ0v) is 14.7. The predicted molar refractivity (Wildman–Crippen MR) is 93.1 cm³/mol. The average molecular weight is 363 g/mol. The molecule has 0 unspecified atom stereocenters. The summed E-state index contributed by atoms with van der Waals surface area (Å²) in [6.07, 6.45) is 0. The molecule has 0 aliphatic heterocycles. The Morgan fingerprint density at radius 3 is 2.32 bits per heavy atom. The van der Waals surface area contributed by atoms with Crippen LogP contribution in [0.2, 0.25) is 0 Å². The topological polar surface area (TPSA) is 132 Å². The quantitative estimate of drug-likeness (QED) is 0.636. The summed E-state index contributed by atoms with van der Waals surface area (Å²) >= 11 is 0. The maximum atomic E-state index is 12.4. The molecule has 0 saturated heterocycles. The minimum atomic E-state index is -3.93. The highest BCUT2D eigenvalue weighted by atomic mass is 32.2. The number of nitrogens with zero attached hydrogens (tertiary/aromatic N) is 1. The van der Waals surface area contributed by atoms with Crippen LogP contribution in [0.15, 0.2) is 35.2 Å². The van der Waals surface area contributed by atoms with Crippen LogP contribution in [0.25, 0.3) is 0 Å². The number of nitrogens with two attached hydrogens (primary N) is 1. The molecule has 2 aromatic rings. The zero-order valence-electron chi connectivity index (χ0n) is 13.9. The molecule has 0 radical (unpaired) electrons. The summed E-state index contributed by atoms with van der Waals surface area (Å²) in [5.74, 6) is -0.586. The minimum absolute atomic E-state index is 0.0929. The second-order valence-electron chi connectivity index (χ2n) is 5.67. The Morgan fingerprint density at radius 1 is 1.12 bits per heavy atom. The van der Waals surface area contributed by atoms with Gasteiger partial charge in [0.2, 0.25) is 10.0 Å². The third-order valence-electron chi connectivity index (χ3n) is 3.89. The number of rotatable bonds is 4. The van der Waals surface area contributed by atoms with Gasteiger partial charge in [0, 0.05) is 22.9 Å². The first-order valence-corrected chi connectivity index (χ1v) is 8.76. The molecule has 9 heteroatoms. The van der Waals surface area contributed by atoms with Gasteiger partial charge in [0.05, 0.1) is 9.82 Å². The number of benzene rings is 2. The van der Waals surface area contributed by atoms with E-state index in [4.69, 9.17) is 5.14 Å². The number of carbonyl (C=O) groups is 1. The van der Waals surface area contributed by atoms with Gasteiger partial charge >= 0.3 is 0 Å². The van der Waals surface area contributed by atoms with E-state index in [1.54, 1.807) is 20.8 Å². The number of nitrogens with one attached hydrogen (secondary N) is 1. The fourth-order valence-corrected chi connectivity index (χ4v) is 2.89. The molecule has 8 nitrogen and oxygen atoms in total. The summed E-state index contributed by atoms with van der Waals surface area (Å²) < 4.78 is 23.1. The first kappa shape index (κ1) is 18.6. The van der Waals surface area contributed by atoms with Gasteiger partial charge in [-0.1, -0.05) is 6.07 Å². The largest absolute Gasteiger partial charge is 0.322 e. The van der Waals surface area contributed by atoms with Crippen molar-refractivity contribution in [2.24, 2.45) is 5.14 Å². The number of nitro groups is 1. The summed E-state index contributed by atoms with van der Waals surface area (Å²) in [4.78, 5) is 22.7. The van der Waals surface area contributed by atoms with Crippen molar-refractivity contribution in [2.45, 2.75) is 25.7 Å². The molecule has 0 atom stereocenters. The highest BCUT2D eigenvalue weighted by molar-refractivity contribution is 7.89. The Hall–Kier alpha value is -2.78. The lowest BCUT2D eigenvalue weighted by molar-refractivity contribution is -0.385. The number of aryl methyl sites for hydroxylation is 2. The molecule has 132 valence electrons. The Labute approximate surface area is 144 Å². The molecule has 2 aromatic carbocycles. The first-order chi connectivity index (χ1) is 11.5. The molecule has 0 aliphatic rings. The maximum Gasteiger partial charge on any atom is 0.273 e. The summed E-state index contributed by atoms with van der Waals surface area (Å²) in [6, 6.07) is 6.79. The van der Waals surface area contributed by atoms with Crippen molar-refractivity contribution in [2.75, 3.05) is 5.32 Å². The Balaban J connectivity index is 2.43. The van der Waals surface area contributed by atoms with Gasteiger partial charge in [-0.2, -0.15) is 0 Å². The van der Waals surface area contributed by atoms with Crippen molar-refractivity contribution < 1.29 is 18.1 Å². The molecular formula is C16H17N3O5S. The summed E-state index contributed by atoms with van der Waals surface area (Å²) in [7, 11) is -3.93. The van der Waals surface area contributed by atoms with Crippen LogP contribution in [0.5, 0.6) is 0 Å². The molecule has 0 fully saturated rings. The fraction of sp³-hybridized carbons (Fsp3) is 0.188. The number of carbonyl (C=O) groups excluding carboxylic acids is 1. The zero-order chi connectivity index (χ0) is 18.9. The SMILES string of the molecule is Cc1ccc(C(=O)Nc2cc(S(N)(=O)=O)cc(C)c2C)cc1[N+](=O)[O-]. The Bertz CT molecular complexity index is 984. The highest BCUT2D eigenvalue weighted by Crippen LogP contribution is 2.25. The second kappa shape index (κ2) is 6.61. The Kier molecular flexibility index (Phi) is 4.91. The standard InChI is InChI=1S/C16H17N3O5S/c1-9-4-5-12(7-15(9)19(21)22)16(20)18-14-8-13(25(17,23)24)6-10(2)11(14)3/h4-8H,1-3H3,(H,18,20)(H2,17,23,24). The van der Waals surface area contributed by atoms with Crippen LogP contribution in [0.1, 0.15) is 27.0 Å². The lowest BCUT2D eigenvalue weighted by Gasteiger charge is -2.13. The van der Waals surface area contributed by atoms with Gasteiger partial charge < -0.3 is 5.32 Å². The number of primary sulfonamides is 1. The van der Waals surface area contributed by atoms with Gasteiger partial charge in [-0.3, -0.25) is 14.9 Å². The molecule has 2 rings (SSSR count). The fourth-order valence-electron chi connectivity index (χ4n) is 2.26. The van der Waals surface area contributed by atoms with Crippen molar-refractivity contribution in [1.82, 2.24) is 0 Å². The van der Waals surface area contributed by atoms with E-state index >= 15 is 0 Å². The summed E-state index contributed by atoms with van der Waals surface area (Å²) in [5.41, 5.74) is 1.94. The second-order valence-corrected chi connectivity index (χ2v) is 7.23. The van der Waals surface area contributed by atoms with Gasteiger partial charge in [-0.05, 0) is 50.1 Å². The molecule has 1 amide bonds. The van der Waals surface area contributed by atoms with E-state index in [2.05, 4.69) is 5.32 Å². The highest BCUT2D eigenvalue weighted by Gasteiger charge is 2.18. The molecule has 0 aliphatic carbocycles.